The molecule has 2 N–H and O–H groups in total. The Kier molecular flexibility index (Phi) is 4.45. The van der Waals surface area contributed by atoms with Gasteiger partial charge >= 0.3 is 5.97 Å². The number of nitrogens with zero attached hydrogens (tertiary/aromatic N) is 1. The third-order valence-electron chi connectivity index (χ3n) is 2.34. The smallest absolute Gasteiger partial charge is 0.305 e. The molecule has 1 atom stereocenters. The van der Waals surface area contributed by atoms with Crippen molar-refractivity contribution in [3.63, 3.8) is 0 Å². The number of carbonyl (C=O) groups excluding carboxylic acids is 1. The Morgan fingerprint density at radius 2 is 2.11 bits per heavy atom. The van der Waals surface area contributed by atoms with Gasteiger partial charge in [0.2, 0.25) is 0 Å². The highest BCUT2D eigenvalue weighted by Gasteiger charge is 2.25. The van der Waals surface area contributed by atoms with Gasteiger partial charge in [0.25, 0.3) is 5.91 Å². The van der Waals surface area contributed by atoms with Crippen molar-refractivity contribution in [2.75, 3.05) is 0 Å². The van der Waals surface area contributed by atoms with Crippen molar-refractivity contribution in [2.45, 2.75) is 45.6 Å². The van der Waals surface area contributed by atoms with Gasteiger partial charge in [0, 0.05) is 11.5 Å². The minimum Gasteiger partial charge on any atom is -0.481 e. The van der Waals surface area contributed by atoms with Gasteiger partial charge in [0.1, 0.15) is 4.88 Å². The highest BCUT2D eigenvalue weighted by molar-refractivity contribution is 7.11. The number of nitrogens with one attached hydrogen (secondary N) is 1. The number of amides is 1. The summed E-state index contributed by atoms with van der Waals surface area (Å²) in [5, 5.41) is 11.3. The van der Waals surface area contributed by atoms with Gasteiger partial charge in [-0.25, -0.2) is 4.98 Å². The molecule has 0 aliphatic heterocycles. The first-order valence-corrected chi connectivity index (χ1v) is 6.56. The Balaban J connectivity index is 2.80. The van der Waals surface area contributed by atoms with Crippen LogP contribution in [0.2, 0.25) is 0 Å². The van der Waals surface area contributed by atoms with Crippen LogP contribution in [0.1, 0.15) is 49.5 Å². The third-order valence-corrected chi connectivity index (χ3v) is 3.17. The summed E-state index contributed by atoms with van der Waals surface area (Å²) < 4.78 is 0. The van der Waals surface area contributed by atoms with E-state index in [1.54, 1.807) is 12.4 Å². The van der Waals surface area contributed by atoms with E-state index in [-0.39, 0.29) is 17.7 Å². The molecule has 0 bridgehead atoms. The molecular formula is C12H18N2O3S. The summed E-state index contributed by atoms with van der Waals surface area (Å²) >= 11 is 1.27. The molecule has 1 aromatic rings. The van der Waals surface area contributed by atoms with Crippen molar-refractivity contribution < 1.29 is 14.7 Å². The van der Waals surface area contributed by atoms with Crippen LogP contribution in [0.15, 0.2) is 5.51 Å². The predicted octanol–water partition coefficient (Wildman–Crippen LogP) is 2.03. The van der Waals surface area contributed by atoms with Gasteiger partial charge in [-0.2, -0.15) is 0 Å². The van der Waals surface area contributed by atoms with E-state index < -0.39 is 12.0 Å². The standard InChI is InChI=1S/C12H18N2O3S/c1-7(5-8(15)16)14-11(17)9-10(12(2,3)4)13-6-18-9/h6-7H,5H2,1-4H3,(H,14,17)(H,15,16). The van der Waals surface area contributed by atoms with Crippen LogP contribution in [0, 0.1) is 0 Å². The first kappa shape index (κ1) is 14.6. The maximum atomic E-state index is 12.0. The first-order chi connectivity index (χ1) is 8.21. The van der Waals surface area contributed by atoms with E-state index in [4.69, 9.17) is 5.11 Å². The molecule has 1 amide bonds. The molecule has 0 saturated heterocycles. The quantitative estimate of drug-likeness (QED) is 0.877. The summed E-state index contributed by atoms with van der Waals surface area (Å²) in [5.74, 6) is -1.18. The van der Waals surface area contributed by atoms with Crippen LogP contribution in [0.25, 0.3) is 0 Å². The second kappa shape index (κ2) is 5.48. The zero-order valence-electron chi connectivity index (χ0n) is 11.0. The molecular weight excluding hydrogens is 252 g/mol. The lowest BCUT2D eigenvalue weighted by molar-refractivity contribution is -0.137. The van der Waals surface area contributed by atoms with Crippen molar-refractivity contribution in [2.24, 2.45) is 0 Å². The summed E-state index contributed by atoms with van der Waals surface area (Å²) in [5.41, 5.74) is 2.17. The zero-order chi connectivity index (χ0) is 13.9. The molecule has 1 heterocycles. The van der Waals surface area contributed by atoms with Crippen LogP contribution in [0.4, 0.5) is 0 Å². The highest BCUT2D eigenvalue weighted by Crippen LogP contribution is 2.27. The van der Waals surface area contributed by atoms with Gasteiger partial charge in [-0.1, -0.05) is 20.8 Å². The molecule has 0 radical (unpaired) electrons. The lowest BCUT2D eigenvalue weighted by atomic mass is 9.91. The van der Waals surface area contributed by atoms with Gasteiger partial charge in [-0.05, 0) is 6.92 Å². The van der Waals surface area contributed by atoms with Gasteiger partial charge in [0.15, 0.2) is 0 Å². The second-order valence-corrected chi connectivity index (χ2v) is 6.11. The number of carboxylic acids is 1. The average Bonchev–Trinajstić information content (AvgIpc) is 2.62. The van der Waals surface area contributed by atoms with E-state index >= 15 is 0 Å². The molecule has 1 rings (SSSR count). The van der Waals surface area contributed by atoms with Gasteiger partial charge < -0.3 is 10.4 Å². The monoisotopic (exact) mass is 270 g/mol. The van der Waals surface area contributed by atoms with E-state index in [0.29, 0.717) is 4.88 Å². The molecule has 0 saturated carbocycles. The van der Waals surface area contributed by atoms with Gasteiger partial charge in [-0.3, -0.25) is 9.59 Å². The van der Waals surface area contributed by atoms with Crippen LogP contribution in [-0.4, -0.2) is 28.0 Å². The van der Waals surface area contributed by atoms with Gasteiger partial charge in [0.05, 0.1) is 17.6 Å². The lowest BCUT2D eigenvalue weighted by Crippen LogP contribution is -2.35. The number of carbonyl (C=O) groups is 2. The Morgan fingerprint density at radius 1 is 1.50 bits per heavy atom. The molecule has 6 heteroatoms. The summed E-state index contributed by atoms with van der Waals surface area (Å²) in [7, 11) is 0. The van der Waals surface area contributed by atoms with E-state index in [2.05, 4.69) is 10.3 Å². The second-order valence-electron chi connectivity index (χ2n) is 5.25. The van der Waals surface area contributed by atoms with Crippen LogP contribution >= 0.6 is 11.3 Å². The molecule has 18 heavy (non-hydrogen) atoms. The summed E-state index contributed by atoms with van der Waals surface area (Å²) in [6, 6.07) is -0.398. The summed E-state index contributed by atoms with van der Waals surface area (Å²) in [6.07, 6.45) is -0.0879. The van der Waals surface area contributed by atoms with E-state index in [9.17, 15) is 9.59 Å². The number of rotatable bonds is 4. The minimum absolute atomic E-state index is 0.0879. The fourth-order valence-corrected chi connectivity index (χ4v) is 2.44. The van der Waals surface area contributed by atoms with Crippen molar-refractivity contribution in [1.29, 1.82) is 0 Å². The fraction of sp³-hybridized carbons (Fsp3) is 0.583. The van der Waals surface area contributed by atoms with E-state index in [1.807, 2.05) is 20.8 Å². The number of aliphatic carboxylic acids is 1. The maximum Gasteiger partial charge on any atom is 0.305 e. The predicted molar refractivity (Wildman–Crippen MR) is 70.0 cm³/mol. The van der Waals surface area contributed by atoms with Crippen LogP contribution < -0.4 is 5.32 Å². The molecule has 0 aliphatic carbocycles. The molecule has 1 unspecified atom stereocenters. The number of thiazole rings is 1. The van der Waals surface area contributed by atoms with Crippen molar-refractivity contribution in [1.82, 2.24) is 10.3 Å². The maximum absolute atomic E-state index is 12.0. The average molecular weight is 270 g/mol. The van der Waals surface area contributed by atoms with Crippen LogP contribution in [0.5, 0.6) is 0 Å². The van der Waals surface area contributed by atoms with E-state index in [0.717, 1.165) is 5.69 Å². The summed E-state index contributed by atoms with van der Waals surface area (Å²) in [4.78, 5) is 27.3. The Labute approximate surface area is 110 Å². The Hall–Kier alpha value is -1.43. The molecule has 0 aliphatic rings. The fourth-order valence-electron chi connectivity index (χ4n) is 1.54. The van der Waals surface area contributed by atoms with Crippen molar-refractivity contribution >= 4 is 23.2 Å². The number of aromatic nitrogens is 1. The molecule has 100 valence electrons. The molecule has 1 aromatic heterocycles. The molecule has 5 nitrogen and oxygen atoms in total. The number of carboxylic acid groups (broad SMARTS) is 1. The van der Waals surface area contributed by atoms with E-state index in [1.165, 1.54) is 11.3 Å². The molecule has 0 spiro atoms. The highest BCUT2D eigenvalue weighted by atomic mass is 32.1. The SMILES string of the molecule is CC(CC(=O)O)NC(=O)c1scnc1C(C)(C)C. The normalized spacial score (nSPS) is 13.1. The lowest BCUT2D eigenvalue weighted by Gasteiger charge is -2.18. The number of hydrogen-bond donors (Lipinski definition) is 2. The van der Waals surface area contributed by atoms with Crippen molar-refractivity contribution in [3.05, 3.63) is 16.1 Å². The molecule has 0 aromatic carbocycles. The largest absolute Gasteiger partial charge is 0.481 e. The third kappa shape index (κ3) is 3.80. The summed E-state index contributed by atoms with van der Waals surface area (Å²) in [6.45, 7) is 7.63. The van der Waals surface area contributed by atoms with Crippen LogP contribution in [0.3, 0.4) is 0 Å². The number of hydrogen-bond acceptors (Lipinski definition) is 4. The Morgan fingerprint density at radius 3 is 2.61 bits per heavy atom. The molecule has 0 fully saturated rings. The van der Waals surface area contributed by atoms with Crippen molar-refractivity contribution in [3.8, 4) is 0 Å². The van der Waals surface area contributed by atoms with Gasteiger partial charge in [-0.15, -0.1) is 11.3 Å². The first-order valence-electron chi connectivity index (χ1n) is 5.68. The zero-order valence-corrected chi connectivity index (χ0v) is 11.8. The van der Waals surface area contributed by atoms with Crippen LogP contribution in [-0.2, 0) is 10.2 Å². The Bertz CT molecular complexity index is 448. The minimum atomic E-state index is -0.928. The topological polar surface area (TPSA) is 79.3 Å².